The van der Waals surface area contributed by atoms with Crippen LogP contribution in [0.15, 0.2) is 0 Å². The molecule has 1 unspecified atom stereocenters. The molecule has 96 valence electrons. The first-order valence-electron chi connectivity index (χ1n) is 7.07. The van der Waals surface area contributed by atoms with Gasteiger partial charge in [0.25, 0.3) is 0 Å². The lowest BCUT2D eigenvalue weighted by atomic mass is 9.84. The molecule has 0 bridgehead atoms. The van der Waals surface area contributed by atoms with Crippen LogP contribution in [0.3, 0.4) is 0 Å². The molecular weight excluding hydrogens is 198 g/mol. The lowest BCUT2D eigenvalue weighted by molar-refractivity contribution is -0.0535. The predicted octanol–water partition coefficient (Wildman–Crippen LogP) is 3.50. The maximum Gasteiger partial charge on any atom is 0.0830 e. The summed E-state index contributed by atoms with van der Waals surface area (Å²) in [5.41, 5.74) is 0.112. The van der Waals surface area contributed by atoms with Crippen LogP contribution >= 0.6 is 0 Å². The van der Waals surface area contributed by atoms with Crippen LogP contribution in [0.2, 0.25) is 0 Å². The molecule has 1 fully saturated rings. The van der Waals surface area contributed by atoms with Crippen molar-refractivity contribution in [2.75, 3.05) is 13.7 Å². The largest absolute Gasteiger partial charge is 0.377 e. The van der Waals surface area contributed by atoms with Crippen LogP contribution in [0.1, 0.15) is 65.2 Å². The van der Waals surface area contributed by atoms with Crippen molar-refractivity contribution < 1.29 is 4.74 Å². The van der Waals surface area contributed by atoms with Gasteiger partial charge in [-0.3, -0.25) is 0 Å². The molecular formula is C14H29NO. The van der Waals surface area contributed by atoms with Crippen LogP contribution in [-0.2, 0) is 4.74 Å². The number of nitrogens with one attached hydrogen (secondary N) is 1. The Balaban J connectivity index is 2.65. The van der Waals surface area contributed by atoms with Crippen molar-refractivity contribution in [3.05, 3.63) is 0 Å². The van der Waals surface area contributed by atoms with E-state index in [2.05, 4.69) is 19.2 Å². The molecule has 1 saturated carbocycles. The van der Waals surface area contributed by atoms with E-state index in [9.17, 15) is 0 Å². The first-order valence-corrected chi connectivity index (χ1v) is 7.07. The molecule has 0 amide bonds. The summed E-state index contributed by atoms with van der Waals surface area (Å²) in [4.78, 5) is 0. The molecule has 1 N–H and O–H groups in total. The summed E-state index contributed by atoms with van der Waals surface area (Å²) in [6.45, 7) is 5.62. The molecule has 2 heteroatoms. The van der Waals surface area contributed by atoms with Gasteiger partial charge in [0.1, 0.15) is 0 Å². The molecule has 0 heterocycles. The van der Waals surface area contributed by atoms with Gasteiger partial charge in [0, 0.05) is 13.2 Å². The van der Waals surface area contributed by atoms with Crippen LogP contribution in [0.5, 0.6) is 0 Å². The summed E-state index contributed by atoms with van der Waals surface area (Å²) in [6, 6.07) is 0.538. The molecule has 0 spiro atoms. The van der Waals surface area contributed by atoms with Crippen LogP contribution < -0.4 is 5.32 Å². The maximum absolute atomic E-state index is 5.95. The van der Waals surface area contributed by atoms with Crippen molar-refractivity contribution >= 4 is 0 Å². The highest BCUT2D eigenvalue weighted by atomic mass is 16.5. The van der Waals surface area contributed by atoms with Gasteiger partial charge in [-0.1, -0.05) is 39.5 Å². The average molecular weight is 227 g/mol. The number of hydrogen-bond donors (Lipinski definition) is 1. The lowest BCUT2D eigenvalue weighted by Gasteiger charge is -2.39. The first-order chi connectivity index (χ1) is 7.79. The second-order valence-corrected chi connectivity index (χ2v) is 5.10. The third-order valence-corrected chi connectivity index (χ3v) is 4.04. The topological polar surface area (TPSA) is 21.3 Å². The average Bonchev–Trinajstić information content (AvgIpc) is 2.56. The SMILES string of the molecule is CCCNC(CC)C1(OC)CCCCCC1. The summed E-state index contributed by atoms with van der Waals surface area (Å²) in [7, 11) is 1.90. The summed E-state index contributed by atoms with van der Waals surface area (Å²) >= 11 is 0. The standard InChI is InChI=1S/C14H29NO/c1-4-12-15-13(5-2)14(16-3)10-8-6-7-9-11-14/h13,15H,4-12H2,1-3H3. The van der Waals surface area contributed by atoms with Crippen molar-refractivity contribution in [3.8, 4) is 0 Å². The first kappa shape index (κ1) is 14.0. The Kier molecular flexibility index (Phi) is 6.37. The van der Waals surface area contributed by atoms with Crippen LogP contribution in [0, 0.1) is 0 Å². The van der Waals surface area contributed by atoms with Crippen LogP contribution in [0.25, 0.3) is 0 Å². The molecule has 2 nitrogen and oxygen atoms in total. The number of hydrogen-bond acceptors (Lipinski definition) is 2. The Labute approximate surface area is 101 Å². The number of methoxy groups -OCH3 is 1. The van der Waals surface area contributed by atoms with Gasteiger partial charge in [-0.05, 0) is 32.2 Å². The summed E-state index contributed by atoms with van der Waals surface area (Å²) in [6.07, 6.45) is 10.3. The van der Waals surface area contributed by atoms with E-state index in [1.807, 2.05) is 7.11 Å². The van der Waals surface area contributed by atoms with Gasteiger partial charge in [-0.15, -0.1) is 0 Å². The fraction of sp³-hybridized carbons (Fsp3) is 1.00. The third kappa shape index (κ3) is 3.46. The molecule has 1 atom stereocenters. The van der Waals surface area contributed by atoms with Crippen LogP contribution in [0.4, 0.5) is 0 Å². The third-order valence-electron chi connectivity index (χ3n) is 4.04. The van der Waals surface area contributed by atoms with E-state index in [-0.39, 0.29) is 5.60 Å². The monoisotopic (exact) mass is 227 g/mol. The molecule has 0 saturated heterocycles. The lowest BCUT2D eigenvalue weighted by Crippen LogP contribution is -2.51. The van der Waals surface area contributed by atoms with Gasteiger partial charge in [0.05, 0.1) is 5.60 Å². The Morgan fingerprint density at radius 3 is 2.19 bits per heavy atom. The zero-order valence-electron chi connectivity index (χ0n) is 11.3. The zero-order chi connectivity index (χ0) is 11.9. The predicted molar refractivity (Wildman–Crippen MR) is 69.8 cm³/mol. The smallest absolute Gasteiger partial charge is 0.0830 e. The van der Waals surface area contributed by atoms with Crippen LogP contribution in [-0.4, -0.2) is 25.3 Å². The fourth-order valence-electron chi connectivity index (χ4n) is 3.04. The van der Waals surface area contributed by atoms with E-state index in [4.69, 9.17) is 4.74 Å². The van der Waals surface area contributed by atoms with E-state index in [0.717, 1.165) is 6.54 Å². The van der Waals surface area contributed by atoms with Crippen molar-refractivity contribution in [2.24, 2.45) is 0 Å². The van der Waals surface area contributed by atoms with Gasteiger partial charge in [-0.2, -0.15) is 0 Å². The van der Waals surface area contributed by atoms with E-state index in [1.165, 1.54) is 51.4 Å². The van der Waals surface area contributed by atoms with E-state index < -0.39 is 0 Å². The molecule has 0 radical (unpaired) electrons. The Morgan fingerprint density at radius 2 is 1.75 bits per heavy atom. The van der Waals surface area contributed by atoms with Crippen molar-refractivity contribution in [3.63, 3.8) is 0 Å². The number of rotatable bonds is 6. The minimum absolute atomic E-state index is 0.112. The highest BCUT2D eigenvalue weighted by Gasteiger charge is 2.37. The molecule has 0 aromatic rings. The van der Waals surface area contributed by atoms with E-state index in [1.54, 1.807) is 0 Å². The Morgan fingerprint density at radius 1 is 1.12 bits per heavy atom. The summed E-state index contributed by atoms with van der Waals surface area (Å²) in [5, 5.41) is 3.68. The molecule has 16 heavy (non-hydrogen) atoms. The molecule has 1 aliphatic rings. The van der Waals surface area contributed by atoms with Gasteiger partial charge in [0.2, 0.25) is 0 Å². The van der Waals surface area contributed by atoms with Crippen molar-refractivity contribution in [1.82, 2.24) is 5.32 Å². The van der Waals surface area contributed by atoms with Gasteiger partial charge in [-0.25, -0.2) is 0 Å². The van der Waals surface area contributed by atoms with E-state index >= 15 is 0 Å². The van der Waals surface area contributed by atoms with Crippen molar-refractivity contribution in [1.29, 1.82) is 0 Å². The normalized spacial score (nSPS) is 22.7. The highest BCUT2D eigenvalue weighted by molar-refractivity contribution is 4.93. The summed E-state index contributed by atoms with van der Waals surface area (Å²) in [5.74, 6) is 0. The van der Waals surface area contributed by atoms with Gasteiger partial charge >= 0.3 is 0 Å². The minimum atomic E-state index is 0.112. The highest BCUT2D eigenvalue weighted by Crippen LogP contribution is 2.34. The molecule has 1 aliphatic carbocycles. The quantitative estimate of drug-likeness (QED) is 0.701. The molecule has 0 aromatic heterocycles. The summed E-state index contributed by atoms with van der Waals surface area (Å²) < 4.78 is 5.95. The minimum Gasteiger partial charge on any atom is -0.377 e. The molecule has 0 aliphatic heterocycles. The van der Waals surface area contributed by atoms with Gasteiger partial charge in [0.15, 0.2) is 0 Å². The maximum atomic E-state index is 5.95. The number of ether oxygens (including phenoxy) is 1. The Bertz CT molecular complexity index is 174. The molecule has 1 rings (SSSR count). The van der Waals surface area contributed by atoms with Crippen molar-refractivity contribution in [2.45, 2.75) is 76.9 Å². The second-order valence-electron chi connectivity index (χ2n) is 5.10. The fourth-order valence-corrected chi connectivity index (χ4v) is 3.04. The Hall–Kier alpha value is -0.0800. The zero-order valence-corrected chi connectivity index (χ0v) is 11.3. The van der Waals surface area contributed by atoms with Gasteiger partial charge < -0.3 is 10.1 Å². The second kappa shape index (κ2) is 7.29. The van der Waals surface area contributed by atoms with E-state index in [0.29, 0.717) is 6.04 Å². The molecule has 0 aromatic carbocycles.